The first-order valence-corrected chi connectivity index (χ1v) is 8.85. The lowest BCUT2D eigenvalue weighted by atomic mass is 9.74. The predicted octanol–water partition coefficient (Wildman–Crippen LogP) is 3.89. The Kier molecular flexibility index (Phi) is 4.16. The van der Waals surface area contributed by atoms with Gasteiger partial charge >= 0.3 is 0 Å². The zero-order chi connectivity index (χ0) is 16.4. The molecule has 0 unspecified atom stereocenters. The van der Waals surface area contributed by atoms with Gasteiger partial charge in [0.15, 0.2) is 0 Å². The van der Waals surface area contributed by atoms with Crippen LogP contribution in [0.1, 0.15) is 18.4 Å². The Morgan fingerprint density at radius 3 is 2.92 bits per heavy atom. The summed E-state index contributed by atoms with van der Waals surface area (Å²) in [6.45, 7) is 2.14. The van der Waals surface area contributed by atoms with Crippen molar-refractivity contribution in [3.8, 4) is 11.4 Å². The van der Waals surface area contributed by atoms with Crippen molar-refractivity contribution in [1.82, 2.24) is 13.9 Å². The van der Waals surface area contributed by atoms with E-state index in [1.165, 1.54) is 17.6 Å². The molecule has 1 fully saturated rings. The third-order valence-electron chi connectivity index (χ3n) is 4.77. The zero-order valence-corrected chi connectivity index (χ0v) is 14.0. The number of hydrogen-bond donors (Lipinski definition) is 0. The highest BCUT2D eigenvalue weighted by atomic mass is 32.1. The van der Waals surface area contributed by atoms with E-state index in [4.69, 9.17) is 4.74 Å². The molecule has 0 amide bonds. The number of hydrogen-bond acceptors (Lipinski definition) is 4. The quantitative estimate of drug-likeness (QED) is 0.721. The Morgan fingerprint density at radius 2 is 2.17 bits per heavy atom. The molecule has 6 heteroatoms. The lowest BCUT2D eigenvalue weighted by molar-refractivity contribution is 0.0435. The largest absolute Gasteiger partial charge is 0.381 e. The van der Waals surface area contributed by atoms with Crippen molar-refractivity contribution < 1.29 is 9.13 Å². The monoisotopic (exact) mass is 343 g/mol. The van der Waals surface area contributed by atoms with E-state index in [9.17, 15) is 4.39 Å². The molecule has 0 N–H and O–H groups in total. The van der Waals surface area contributed by atoms with Gasteiger partial charge in [0.25, 0.3) is 0 Å². The maximum atomic E-state index is 13.8. The van der Waals surface area contributed by atoms with Crippen molar-refractivity contribution in [3.63, 3.8) is 0 Å². The molecule has 0 saturated carbocycles. The summed E-state index contributed by atoms with van der Waals surface area (Å²) in [6, 6.07) is 6.97. The fourth-order valence-electron chi connectivity index (χ4n) is 3.46. The fraction of sp³-hybridized carbons (Fsp3) is 0.333. The molecule has 1 aromatic carbocycles. The number of ether oxygens (including phenoxy) is 1. The van der Waals surface area contributed by atoms with Crippen LogP contribution < -0.4 is 0 Å². The highest BCUT2D eigenvalue weighted by molar-refractivity contribution is 7.03. The van der Waals surface area contributed by atoms with Crippen molar-refractivity contribution >= 4 is 11.5 Å². The standard InChI is InChI=1S/C18H18FN3OS/c19-16-3-1-2-15(10-16)18(4-8-23-9-5-18)13-22-7-6-20-17(22)14-11-21-24-12-14/h1-3,6-7,10-12H,4-5,8-9,13H2. The molecule has 1 saturated heterocycles. The molecule has 0 bridgehead atoms. The maximum Gasteiger partial charge on any atom is 0.142 e. The minimum absolute atomic E-state index is 0.140. The van der Waals surface area contributed by atoms with Crippen molar-refractivity contribution in [2.75, 3.05) is 13.2 Å². The summed E-state index contributed by atoms with van der Waals surface area (Å²) < 4.78 is 25.7. The molecule has 0 aliphatic carbocycles. The Morgan fingerprint density at radius 1 is 1.29 bits per heavy atom. The lowest BCUT2D eigenvalue weighted by Gasteiger charge is -2.38. The number of benzene rings is 1. The number of aromatic nitrogens is 3. The Bertz CT molecular complexity index is 809. The van der Waals surface area contributed by atoms with Gasteiger partial charge in [-0.1, -0.05) is 12.1 Å². The average molecular weight is 343 g/mol. The molecule has 4 nitrogen and oxygen atoms in total. The van der Waals surface area contributed by atoms with E-state index in [2.05, 4.69) is 13.9 Å². The van der Waals surface area contributed by atoms with E-state index in [0.717, 1.165) is 36.3 Å². The summed E-state index contributed by atoms with van der Waals surface area (Å²) in [7, 11) is 0. The summed E-state index contributed by atoms with van der Waals surface area (Å²) >= 11 is 1.42. The first-order chi connectivity index (χ1) is 11.8. The molecule has 0 atom stereocenters. The van der Waals surface area contributed by atoms with Gasteiger partial charge < -0.3 is 9.30 Å². The van der Waals surface area contributed by atoms with Crippen LogP contribution in [0.5, 0.6) is 0 Å². The van der Waals surface area contributed by atoms with Crippen molar-refractivity contribution in [3.05, 3.63) is 59.6 Å². The molecule has 0 radical (unpaired) electrons. The van der Waals surface area contributed by atoms with Gasteiger partial charge in [0.2, 0.25) is 0 Å². The maximum absolute atomic E-state index is 13.8. The van der Waals surface area contributed by atoms with Gasteiger partial charge in [0.05, 0.1) is 6.20 Å². The zero-order valence-electron chi connectivity index (χ0n) is 13.2. The third kappa shape index (κ3) is 2.87. The van der Waals surface area contributed by atoms with Crippen LogP contribution >= 0.6 is 11.5 Å². The first-order valence-electron chi connectivity index (χ1n) is 8.02. The van der Waals surface area contributed by atoms with Crippen LogP contribution in [0.25, 0.3) is 11.4 Å². The van der Waals surface area contributed by atoms with E-state index >= 15 is 0 Å². The second kappa shape index (κ2) is 6.45. The van der Waals surface area contributed by atoms with E-state index in [1.54, 1.807) is 12.1 Å². The van der Waals surface area contributed by atoms with Gasteiger partial charge in [-0.25, -0.2) is 13.7 Å². The molecule has 124 valence electrons. The van der Waals surface area contributed by atoms with Gasteiger partial charge in [-0.15, -0.1) is 0 Å². The molecule has 1 aliphatic rings. The van der Waals surface area contributed by atoms with Crippen LogP contribution in [0.15, 0.2) is 48.2 Å². The SMILES string of the molecule is Fc1cccc(C2(Cn3ccnc3-c3cnsc3)CCOCC2)c1. The Balaban J connectivity index is 1.73. The lowest BCUT2D eigenvalue weighted by Crippen LogP contribution is -2.38. The Labute approximate surface area is 144 Å². The summed E-state index contributed by atoms with van der Waals surface area (Å²) in [4.78, 5) is 4.49. The van der Waals surface area contributed by atoms with E-state index in [0.29, 0.717) is 13.2 Å². The molecule has 4 rings (SSSR count). The van der Waals surface area contributed by atoms with Gasteiger partial charge in [0, 0.05) is 48.5 Å². The molecule has 3 heterocycles. The average Bonchev–Trinajstić information content (AvgIpc) is 3.27. The summed E-state index contributed by atoms with van der Waals surface area (Å²) in [5, 5.41) is 2.00. The van der Waals surface area contributed by atoms with Gasteiger partial charge in [-0.3, -0.25) is 0 Å². The van der Waals surface area contributed by atoms with Gasteiger partial charge in [-0.05, 0) is 42.1 Å². The van der Waals surface area contributed by atoms with Crippen LogP contribution in [-0.2, 0) is 16.7 Å². The highest BCUT2D eigenvalue weighted by Gasteiger charge is 2.35. The summed E-state index contributed by atoms with van der Waals surface area (Å²) in [6.07, 6.45) is 7.38. The van der Waals surface area contributed by atoms with E-state index in [1.807, 2.05) is 30.0 Å². The third-order valence-corrected chi connectivity index (χ3v) is 5.35. The molecule has 24 heavy (non-hydrogen) atoms. The van der Waals surface area contributed by atoms with Crippen LogP contribution in [0, 0.1) is 5.82 Å². The highest BCUT2D eigenvalue weighted by Crippen LogP contribution is 2.37. The summed E-state index contributed by atoms with van der Waals surface area (Å²) in [5.74, 6) is 0.720. The minimum atomic E-state index is -0.189. The topological polar surface area (TPSA) is 39.9 Å². The van der Waals surface area contributed by atoms with Crippen molar-refractivity contribution in [2.45, 2.75) is 24.8 Å². The molecule has 1 aliphatic heterocycles. The van der Waals surface area contributed by atoms with Crippen LogP contribution in [0.2, 0.25) is 0 Å². The normalized spacial score (nSPS) is 17.0. The van der Waals surface area contributed by atoms with E-state index < -0.39 is 0 Å². The predicted molar refractivity (Wildman–Crippen MR) is 91.5 cm³/mol. The molecular formula is C18H18FN3OS. The van der Waals surface area contributed by atoms with Crippen LogP contribution in [0.3, 0.4) is 0 Å². The summed E-state index contributed by atoms with van der Waals surface area (Å²) in [5.41, 5.74) is 1.92. The van der Waals surface area contributed by atoms with Gasteiger partial charge in [-0.2, -0.15) is 0 Å². The number of rotatable bonds is 4. The van der Waals surface area contributed by atoms with Gasteiger partial charge in [0.1, 0.15) is 11.6 Å². The molecular weight excluding hydrogens is 325 g/mol. The van der Waals surface area contributed by atoms with Crippen molar-refractivity contribution in [2.24, 2.45) is 0 Å². The van der Waals surface area contributed by atoms with E-state index in [-0.39, 0.29) is 11.2 Å². The second-order valence-electron chi connectivity index (χ2n) is 6.19. The fourth-order valence-corrected chi connectivity index (χ4v) is 3.97. The molecule has 0 spiro atoms. The number of imidazole rings is 1. The number of nitrogens with zero attached hydrogens (tertiary/aromatic N) is 3. The molecule has 3 aromatic rings. The molecule has 2 aromatic heterocycles. The minimum Gasteiger partial charge on any atom is -0.381 e. The Hall–Kier alpha value is -2.05. The van der Waals surface area contributed by atoms with Crippen LogP contribution in [0.4, 0.5) is 4.39 Å². The smallest absolute Gasteiger partial charge is 0.142 e. The number of halogens is 1. The second-order valence-corrected chi connectivity index (χ2v) is 6.85. The first kappa shape index (κ1) is 15.5. The van der Waals surface area contributed by atoms with Crippen molar-refractivity contribution in [1.29, 1.82) is 0 Å². The van der Waals surface area contributed by atoms with Crippen LogP contribution in [-0.4, -0.2) is 27.1 Å².